The molecule has 0 atom stereocenters. The summed E-state index contributed by atoms with van der Waals surface area (Å²) in [5.74, 6) is 2.25. The van der Waals surface area contributed by atoms with Gasteiger partial charge in [0, 0.05) is 5.69 Å². The average molecular weight is 247 g/mol. The first-order valence-electron chi connectivity index (χ1n) is 7.34. The molecule has 1 rings (SSSR count). The van der Waals surface area contributed by atoms with Gasteiger partial charge in [0.2, 0.25) is 0 Å². The zero-order valence-electron chi connectivity index (χ0n) is 12.4. The highest BCUT2D eigenvalue weighted by molar-refractivity contribution is 5.41. The molecule has 0 aromatic heterocycles. The molecule has 1 aromatic rings. The van der Waals surface area contributed by atoms with Crippen LogP contribution in [0, 0.1) is 11.8 Å². The van der Waals surface area contributed by atoms with E-state index in [9.17, 15) is 0 Å². The van der Waals surface area contributed by atoms with Crippen molar-refractivity contribution in [3.05, 3.63) is 29.8 Å². The number of anilines is 1. The van der Waals surface area contributed by atoms with E-state index >= 15 is 0 Å². The third-order valence-electron chi connectivity index (χ3n) is 3.57. The Kier molecular flexibility index (Phi) is 6.24. The number of benzene rings is 1. The van der Waals surface area contributed by atoms with Crippen molar-refractivity contribution in [3.8, 4) is 0 Å². The zero-order chi connectivity index (χ0) is 13.5. The van der Waals surface area contributed by atoms with E-state index in [1.54, 1.807) is 0 Å². The molecule has 0 aliphatic heterocycles. The average Bonchev–Trinajstić information content (AvgIpc) is 2.28. The Labute approximate surface area is 113 Å². The Morgan fingerprint density at radius 2 is 1.44 bits per heavy atom. The van der Waals surface area contributed by atoms with Gasteiger partial charge in [0.1, 0.15) is 0 Å². The number of nitrogens with two attached hydrogens (primary N) is 1. The van der Waals surface area contributed by atoms with Gasteiger partial charge in [-0.15, -0.1) is 0 Å². The van der Waals surface area contributed by atoms with Crippen LogP contribution < -0.4 is 5.73 Å². The van der Waals surface area contributed by atoms with Crippen LogP contribution in [0.2, 0.25) is 0 Å². The maximum atomic E-state index is 5.91. The van der Waals surface area contributed by atoms with Gasteiger partial charge in [0.05, 0.1) is 0 Å². The number of nitrogen functional groups attached to an aromatic ring is 1. The Bertz CT molecular complexity index is 329. The highest BCUT2D eigenvalue weighted by atomic mass is 14.5. The minimum Gasteiger partial charge on any atom is -0.399 e. The summed E-state index contributed by atoms with van der Waals surface area (Å²) in [6, 6.07) is 8.46. The summed E-state index contributed by atoms with van der Waals surface area (Å²) in [6.07, 6.45) is 5.18. The smallest absolute Gasteiger partial charge is 0.0316 e. The molecular formula is C17H29N. The molecule has 102 valence electrons. The molecule has 2 N–H and O–H groups in total. The van der Waals surface area contributed by atoms with Crippen LogP contribution in [-0.2, 0) is 0 Å². The van der Waals surface area contributed by atoms with Crippen molar-refractivity contribution in [1.82, 2.24) is 0 Å². The van der Waals surface area contributed by atoms with Crippen LogP contribution in [0.5, 0.6) is 0 Å². The Morgan fingerprint density at radius 1 is 0.889 bits per heavy atom. The SMILES string of the molecule is CC(C)CCC(CCC(C)C)c1cccc(N)c1. The molecule has 0 amide bonds. The van der Waals surface area contributed by atoms with Crippen molar-refractivity contribution < 1.29 is 0 Å². The molecular weight excluding hydrogens is 218 g/mol. The summed E-state index contributed by atoms with van der Waals surface area (Å²) >= 11 is 0. The van der Waals surface area contributed by atoms with E-state index in [1.165, 1.54) is 31.2 Å². The summed E-state index contributed by atoms with van der Waals surface area (Å²) in [5.41, 5.74) is 8.23. The third kappa shape index (κ3) is 5.57. The summed E-state index contributed by atoms with van der Waals surface area (Å²) in [5, 5.41) is 0. The van der Waals surface area contributed by atoms with Gasteiger partial charge < -0.3 is 5.73 Å². The molecule has 0 unspecified atom stereocenters. The molecule has 0 aliphatic rings. The van der Waals surface area contributed by atoms with Gasteiger partial charge in [0.25, 0.3) is 0 Å². The zero-order valence-corrected chi connectivity index (χ0v) is 12.4. The molecule has 1 heteroatoms. The van der Waals surface area contributed by atoms with Crippen molar-refractivity contribution >= 4 is 5.69 Å². The van der Waals surface area contributed by atoms with Gasteiger partial charge in [-0.2, -0.15) is 0 Å². The van der Waals surface area contributed by atoms with Crippen molar-refractivity contribution in [2.75, 3.05) is 5.73 Å². The van der Waals surface area contributed by atoms with Crippen LogP contribution in [0.15, 0.2) is 24.3 Å². The second-order valence-corrected chi connectivity index (χ2v) is 6.31. The summed E-state index contributed by atoms with van der Waals surface area (Å²) in [4.78, 5) is 0. The van der Waals surface area contributed by atoms with Crippen LogP contribution in [0.3, 0.4) is 0 Å². The second kappa shape index (κ2) is 7.45. The highest BCUT2D eigenvalue weighted by Gasteiger charge is 2.13. The van der Waals surface area contributed by atoms with Crippen molar-refractivity contribution in [2.45, 2.75) is 59.3 Å². The first kappa shape index (κ1) is 15.1. The monoisotopic (exact) mass is 247 g/mol. The van der Waals surface area contributed by atoms with Gasteiger partial charge in [-0.25, -0.2) is 0 Å². The lowest BCUT2D eigenvalue weighted by Crippen LogP contribution is -2.04. The van der Waals surface area contributed by atoms with Gasteiger partial charge >= 0.3 is 0 Å². The topological polar surface area (TPSA) is 26.0 Å². The molecule has 0 saturated heterocycles. The first-order chi connectivity index (χ1) is 8.49. The standard InChI is InChI=1S/C17H29N/c1-13(2)8-10-15(11-9-14(3)4)16-6-5-7-17(18)12-16/h5-7,12-15H,8-11,18H2,1-4H3. The second-order valence-electron chi connectivity index (χ2n) is 6.31. The Hall–Kier alpha value is -0.980. The molecule has 0 heterocycles. The van der Waals surface area contributed by atoms with E-state index in [2.05, 4.69) is 45.9 Å². The number of hydrogen-bond acceptors (Lipinski definition) is 1. The first-order valence-corrected chi connectivity index (χ1v) is 7.34. The summed E-state index contributed by atoms with van der Waals surface area (Å²) < 4.78 is 0. The van der Waals surface area contributed by atoms with Crippen LogP contribution in [0.1, 0.15) is 64.9 Å². The highest BCUT2D eigenvalue weighted by Crippen LogP contribution is 2.30. The summed E-state index contributed by atoms with van der Waals surface area (Å²) in [7, 11) is 0. The van der Waals surface area contributed by atoms with Crippen LogP contribution >= 0.6 is 0 Å². The molecule has 0 bridgehead atoms. The van der Waals surface area contributed by atoms with E-state index < -0.39 is 0 Å². The maximum absolute atomic E-state index is 5.91. The molecule has 0 spiro atoms. The fourth-order valence-corrected chi connectivity index (χ4v) is 2.36. The molecule has 1 aromatic carbocycles. The molecule has 0 aliphatic carbocycles. The minimum atomic E-state index is 0.679. The Morgan fingerprint density at radius 3 is 1.89 bits per heavy atom. The predicted molar refractivity (Wildman–Crippen MR) is 81.7 cm³/mol. The normalized spacial score (nSPS) is 11.7. The van der Waals surface area contributed by atoms with E-state index in [1.807, 2.05) is 6.07 Å². The van der Waals surface area contributed by atoms with Gasteiger partial charge in [0.15, 0.2) is 0 Å². The van der Waals surface area contributed by atoms with Crippen LogP contribution in [-0.4, -0.2) is 0 Å². The van der Waals surface area contributed by atoms with Crippen molar-refractivity contribution in [3.63, 3.8) is 0 Å². The maximum Gasteiger partial charge on any atom is 0.0316 e. The van der Waals surface area contributed by atoms with E-state index in [4.69, 9.17) is 5.73 Å². The molecule has 0 fully saturated rings. The number of hydrogen-bond donors (Lipinski definition) is 1. The largest absolute Gasteiger partial charge is 0.399 e. The fraction of sp³-hybridized carbons (Fsp3) is 0.647. The fourth-order valence-electron chi connectivity index (χ4n) is 2.36. The van der Waals surface area contributed by atoms with Crippen molar-refractivity contribution in [2.24, 2.45) is 11.8 Å². The lowest BCUT2D eigenvalue weighted by molar-refractivity contribution is 0.441. The third-order valence-corrected chi connectivity index (χ3v) is 3.57. The van der Waals surface area contributed by atoms with Crippen LogP contribution in [0.25, 0.3) is 0 Å². The van der Waals surface area contributed by atoms with Gasteiger partial charge in [-0.05, 0) is 48.3 Å². The lowest BCUT2D eigenvalue weighted by atomic mass is 9.86. The number of rotatable bonds is 7. The van der Waals surface area contributed by atoms with E-state index in [-0.39, 0.29) is 0 Å². The van der Waals surface area contributed by atoms with E-state index in [0.717, 1.165) is 17.5 Å². The van der Waals surface area contributed by atoms with E-state index in [0.29, 0.717) is 5.92 Å². The summed E-state index contributed by atoms with van der Waals surface area (Å²) in [6.45, 7) is 9.22. The quantitative estimate of drug-likeness (QED) is 0.656. The minimum absolute atomic E-state index is 0.679. The lowest BCUT2D eigenvalue weighted by Gasteiger charge is -2.20. The molecule has 1 nitrogen and oxygen atoms in total. The predicted octanol–water partition coefficient (Wildman–Crippen LogP) is 5.22. The van der Waals surface area contributed by atoms with Crippen molar-refractivity contribution in [1.29, 1.82) is 0 Å². The molecule has 18 heavy (non-hydrogen) atoms. The van der Waals surface area contributed by atoms with Gasteiger partial charge in [-0.1, -0.05) is 52.7 Å². The molecule has 0 saturated carbocycles. The van der Waals surface area contributed by atoms with Crippen LogP contribution in [0.4, 0.5) is 5.69 Å². The molecule has 0 radical (unpaired) electrons. The Balaban J connectivity index is 2.69. The van der Waals surface area contributed by atoms with Gasteiger partial charge in [-0.3, -0.25) is 0 Å².